The molecule has 2 atom stereocenters. The first-order valence-electron chi connectivity index (χ1n) is 7.56. The summed E-state index contributed by atoms with van der Waals surface area (Å²) in [5.41, 5.74) is 0. The van der Waals surface area contributed by atoms with Crippen molar-refractivity contribution >= 4 is 5.82 Å². The highest BCUT2D eigenvalue weighted by molar-refractivity contribution is 5.42. The lowest BCUT2D eigenvalue weighted by molar-refractivity contribution is -0.274. The predicted octanol–water partition coefficient (Wildman–Crippen LogP) is 3.00. The first kappa shape index (κ1) is 16.9. The van der Waals surface area contributed by atoms with E-state index in [0.29, 0.717) is 11.8 Å². The molecule has 0 aliphatic carbocycles. The van der Waals surface area contributed by atoms with Gasteiger partial charge < -0.3 is 14.5 Å². The van der Waals surface area contributed by atoms with Crippen LogP contribution in [0.5, 0.6) is 5.75 Å². The van der Waals surface area contributed by atoms with Crippen molar-refractivity contribution in [1.29, 1.82) is 0 Å². The van der Waals surface area contributed by atoms with Gasteiger partial charge in [0.05, 0.1) is 6.20 Å². The third kappa shape index (κ3) is 4.03. The third-order valence-corrected chi connectivity index (χ3v) is 3.95. The Hall–Kier alpha value is -1.50. The zero-order chi connectivity index (χ0) is 16.3. The van der Waals surface area contributed by atoms with Crippen LogP contribution in [-0.2, 0) is 0 Å². The number of anilines is 1. The monoisotopic (exact) mass is 317 g/mol. The lowest BCUT2D eigenvalue weighted by Gasteiger charge is -2.20. The number of aromatic nitrogens is 1. The minimum atomic E-state index is -4.67. The molecule has 3 rings (SSSR count). The SMILES string of the molecule is CC.CN1CC2CN(c3ccc(OC(F)(F)F)cn3)CC2C1. The van der Waals surface area contributed by atoms with E-state index in [1.54, 1.807) is 6.07 Å². The van der Waals surface area contributed by atoms with E-state index in [1.165, 1.54) is 6.07 Å². The molecule has 2 aliphatic heterocycles. The van der Waals surface area contributed by atoms with E-state index in [-0.39, 0.29) is 5.75 Å². The second kappa shape index (κ2) is 6.73. The number of halogens is 3. The summed E-state index contributed by atoms with van der Waals surface area (Å²) in [6.07, 6.45) is -3.54. The molecule has 1 aromatic rings. The topological polar surface area (TPSA) is 28.6 Å². The maximum Gasteiger partial charge on any atom is 0.573 e. The van der Waals surface area contributed by atoms with Crippen molar-refractivity contribution in [3.8, 4) is 5.75 Å². The van der Waals surface area contributed by atoms with Crippen molar-refractivity contribution in [2.24, 2.45) is 11.8 Å². The Morgan fingerprint density at radius 3 is 2.14 bits per heavy atom. The fraction of sp³-hybridized carbons (Fsp3) is 0.667. The Morgan fingerprint density at radius 2 is 1.68 bits per heavy atom. The van der Waals surface area contributed by atoms with E-state index in [2.05, 4.69) is 26.6 Å². The maximum atomic E-state index is 12.1. The first-order chi connectivity index (χ1) is 10.4. The minimum absolute atomic E-state index is 0.277. The Balaban J connectivity index is 0.000000847. The molecule has 0 radical (unpaired) electrons. The standard InChI is InChI=1S/C13H16F3N3O.C2H6/c1-18-5-9-7-19(8-10(9)6-18)12-3-2-11(4-17-12)20-13(14,15)16;1-2/h2-4,9-10H,5-8H2,1H3;1-2H3. The Morgan fingerprint density at radius 1 is 1.09 bits per heavy atom. The molecule has 0 spiro atoms. The molecule has 2 aliphatic rings. The molecule has 2 fully saturated rings. The molecule has 124 valence electrons. The van der Waals surface area contributed by atoms with Gasteiger partial charge in [0.25, 0.3) is 0 Å². The molecule has 4 nitrogen and oxygen atoms in total. The van der Waals surface area contributed by atoms with E-state index in [9.17, 15) is 13.2 Å². The molecule has 2 unspecified atom stereocenters. The van der Waals surface area contributed by atoms with Crippen LogP contribution in [0.3, 0.4) is 0 Å². The van der Waals surface area contributed by atoms with E-state index in [1.807, 2.05) is 13.8 Å². The van der Waals surface area contributed by atoms with Crippen LogP contribution in [0.4, 0.5) is 19.0 Å². The third-order valence-electron chi connectivity index (χ3n) is 3.95. The number of likely N-dealkylation sites (tertiary alicyclic amines) is 1. The normalized spacial score (nSPS) is 24.7. The highest BCUT2D eigenvalue weighted by Crippen LogP contribution is 2.33. The van der Waals surface area contributed by atoms with Gasteiger partial charge in [-0.3, -0.25) is 0 Å². The van der Waals surface area contributed by atoms with Gasteiger partial charge in [0.1, 0.15) is 11.6 Å². The van der Waals surface area contributed by atoms with Gasteiger partial charge in [0.15, 0.2) is 0 Å². The number of pyridine rings is 1. The van der Waals surface area contributed by atoms with Crippen molar-refractivity contribution in [3.05, 3.63) is 18.3 Å². The molecule has 22 heavy (non-hydrogen) atoms. The molecule has 0 saturated carbocycles. The highest BCUT2D eigenvalue weighted by Gasteiger charge is 2.39. The predicted molar refractivity (Wildman–Crippen MR) is 79.0 cm³/mol. The van der Waals surface area contributed by atoms with Gasteiger partial charge in [-0.1, -0.05) is 13.8 Å². The number of alkyl halides is 3. The summed E-state index contributed by atoms with van der Waals surface area (Å²) >= 11 is 0. The summed E-state index contributed by atoms with van der Waals surface area (Å²) in [6.45, 7) is 8.00. The average Bonchev–Trinajstić information content (AvgIpc) is 2.97. The summed E-state index contributed by atoms with van der Waals surface area (Å²) in [5.74, 6) is 1.71. The van der Waals surface area contributed by atoms with Crippen molar-refractivity contribution in [2.45, 2.75) is 20.2 Å². The van der Waals surface area contributed by atoms with Gasteiger partial charge in [0.2, 0.25) is 0 Å². The summed E-state index contributed by atoms with van der Waals surface area (Å²) in [5, 5.41) is 0. The van der Waals surface area contributed by atoms with Gasteiger partial charge in [-0.25, -0.2) is 4.98 Å². The van der Waals surface area contributed by atoms with E-state index >= 15 is 0 Å². The quantitative estimate of drug-likeness (QED) is 0.838. The molecule has 0 amide bonds. The van der Waals surface area contributed by atoms with Gasteiger partial charge in [-0.05, 0) is 31.0 Å². The number of rotatable bonds is 2. The van der Waals surface area contributed by atoms with Crippen molar-refractivity contribution in [3.63, 3.8) is 0 Å². The fourth-order valence-corrected chi connectivity index (χ4v) is 3.17. The number of ether oxygens (including phenoxy) is 1. The Kier molecular flexibility index (Phi) is 5.16. The van der Waals surface area contributed by atoms with Crippen molar-refractivity contribution in [1.82, 2.24) is 9.88 Å². The molecular formula is C15H22F3N3O. The van der Waals surface area contributed by atoms with E-state index < -0.39 is 6.36 Å². The van der Waals surface area contributed by atoms with Crippen LogP contribution in [0.1, 0.15) is 13.8 Å². The van der Waals surface area contributed by atoms with Crippen molar-refractivity contribution < 1.29 is 17.9 Å². The Labute approximate surface area is 128 Å². The molecule has 0 bridgehead atoms. The molecular weight excluding hydrogens is 295 g/mol. The Bertz CT molecular complexity index is 464. The zero-order valence-corrected chi connectivity index (χ0v) is 13.1. The fourth-order valence-electron chi connectivity index (χ4n) is 3.17. The number of fused-ring (bicyclic) bond motifs is 1. The summed E-state index contributed by atoms with van der Waals surface area (Å²) in [4.78, 5) is 8.54. The van der Waals surface area contributed by atoms with Crippen LogP contribution >= 0.6 is 0 Å². The molecule has 7 heteroatoms. The maximum absolute atomic E-state index is 12.1. The van der Waals surface area contributed by atoms with Crippen LogP contribution in [-0.4, -0.2) is 49.5 Å². The number of hydrogen-bond donors (Lipinski definition) is 0. The molecule has 0 N–H and O–H groups in total. The second-order valence-electron chi connectivity index (χ2n) is 5.55. The average molecular weight is 317 g/mol. The van der Waals surface area contributed by atoms with Gasteiger partial charge in [-0.15, -0.1) is 13.2 Å². The number of hydrogen-bond acceptors (Lipinski definition) is 4. The van der Waals surface area contributed by atoms with Crippen LogP contribution in [0.2, 0.25) is 0 Å². The number of nitrogens with zero attached hydrogens (tertiary/aromatic N) is 3. The largest absolute Gasteiger partial charge is 0.573 e. The smallest absolute Gasteiger partial charge is 0.404 e. The summed E-state index contributed by atoms with van der Waals surface area (Å²) < 4.78 is 40.0. The van der Waals surface area contributed by atoms with Crippen LogP contribution in [0, 0.1) is 11.8 Å². The van der Waals surface area contributed by atoms with Crippen LogP contribution in [0.15, 0.2) is 18.3 Å². The molecule has 3 heterocycles. The van der Waals surface area contributed by atoms with E-state index in [4.69, 9.17) is 0 Å². The zero-order valence-electron chi connectivity index (χ0n) is 13.1. The van der Waals surface area contributed by atoms with Gasteiger partial charge >= 0.3 is 6.36 Å². The summed E-state index contributed by atoms with van der Waals surface area (Å²) in [7, 11) is 2.12. The second-order valence-corrected chi connectivity index (χ2v) is 5.55. The van der Waals surface area contributed by atoms with Gasteiger partial charge in [-0.2, -0.15) is 0 Å². The van der Waals surface area contributed by atoms with Crippen molar-refractivity contribution in [2.75, 3.05) is 38.1 Å². The molecule has 1 aromatic heterocycles. The lowest BCUT2D eigenvalue weighted by atomic mass is 10.0. The highest BCUT2D eigenvalue weighted by atomic mass is 19.4. The first-order valence-corrected chi connectivity index (χ1v) is 7.56. The molecule has 0 aromatic carbocycles. The van der Waals surface area contributed by atoms with Crippen LogP contribution < -0.4 is 9.64 Å². The summed E-state index contributed by atoms with van der Waals surface area (Å²) in [6, 6.07) is 2.90. The van der Waals surface area contributed by atoms with Gasteiger partial charge in [0, 0.05) is 26.2 Å². The lowest BCUT2D eigenvalue weighted by Crippen LogP contribution is -2.27. The van der Waals surface area contributed by atoms with Crippen LogP contribution in [0.25, 0.3) is 0 Å². The molecule has 2 saturated heterocycles. The minimum Gasteiger partial charge on any atom is -0.404 e. The van der Waals surface area contributed by atoms with E-state index in [0.717, 1.165) is 38.2 Å².